The van der Waals surface area contributed by atoms with Crippen LogP contribution in [0.4, 0.5) is 0 Å². The largest absolute Gasteiger partial charge is 0.480 e. The Morgan fingerprint density at radius 1 is 1.47 bits per heavy atom. The van der Waals surface area contributed by atoms with Crippen molar-refractivity contribution in [2.24, 2.45) is 0 Å². The van der Waals surface area contributed by atoms with Crippen LogP contribution in [0.3, 0.4) is 0 Å². The summed E-state index contributed by atoms with van der Waals surface area (Å²) >= 11 is 0. The molecule has 0 spiro atoms. The number of hydrogen-bond donors (Lipinski definition) is 2. The summed E-state index contributed by atoms with van der Waals surface area (Å²) in [6.07, 6.45) is 1.11. The number of H-pyrrole nitrogens is 1. The maximum absolute atomic E-state index is 12.0. The van der Waals surface area contributed by atoms with Gasteiger partial charge in [-0.25, -0.2) is 9.89 Å². The van der Waals surface area contributed by atoms with Gasteiger partial charge in [0.2, 0.25) is 0 Å². The van der Waals surface area contributed by atoms with E-state index in [1.54, 1.807) is 0 Å². The lowest BCUT2D eigenvalue weighted by atomic mass is 10.2. The minimum Gasteiger partial charge on any atom is -0.480 e. The van der Waals surface area contributed by atoms with Crippen LogP contribution < -0.4 is 5.56 Å². The van der Waals surface area contributed by atoms with Gasteiger partial charge in [-0.2, -0.15) is 5.10 Å². The molecule has 1 atom stereocenters. The van der Waals surface area contributed by atoms with Crippen molar-refractivity contribution >= 4 is 11.9 Å². The standard InChI is InChI=1S/C10H11N3O4/c14-8-4-3-6(11-12-8)9(15)13-5-1-2-7(13)10(16)17/h3-4,7H,1-2,5H2,(H,12,14)(H,16,17). The highest BCUT2D eigenvalue weighted by molar-refractivity contribution is 5.95. The quantitative estimate of drug-likeness (QED) is 0.718. The van der Waals surface area contributed by atoms with Gasteiger partial charge in [-0.3, -0.25) is 9.59 Å². The first-order chi connectivity index (χ1) is 8.09. The Morgan fingerprint density at radius 3 is 2.82 bits per heavy atom. The number of hydrogen-bond acceptors (Lipinski definition) is 4. The first-order valence-corrected chi connectivity index (χ1v) is 5.19. The van der Waals surface area contributed by atoms with Crippen molar-refractivity contribution in [1.29, 1.82) is 0 Å². The molecule has 1 saturated heterocycles. The van der Waals surface area contributed by atoms with Gasteiger partial charge in [0.1, 0.15) is 11.7 Å². The summed E-state index contributed by atoms with van der Waals surface area (Å²) in [6.45, 7) is 0.399. The summed E-state index contributed by atoms with van der Waals surface area (Å²) < 4.78 is 0. The lowest BCUT2D eigenvalue weighted by molar-refractivity contribution is -0.141. The Labute approximate surface area is 96.1 Å². The predicted molar refractivity (Wildman–Crippen MR) is 56.6 cm³/mol. The Morgan fingerprint density at radius 2 is 2.24 bits per heavy atom. The fourth-order valence-electron chi connectivity index (χ4n) is 1.88. The van der Waals surface area contributed by atoms with E-state index < -0.39 is 23.5 Å². The van der Waals surface area contributed by atoms with E-state index in [2.05, 4.69) is 10.2 Å². The average Bonchev–Trinajstić information content (AvgIpc) is 2.78. The van der Waals surface area contributed by atoms with E-state index in [0.717, 1.165) is 0 Å². The van der Waals surface area contributed by atoms with Gasteiger partial charge in [0, 0.05) is 12.6 Å². The minimum absolute atomic E-state index is 0.0535. The third kappa shape index (κ3) is 2.17. The van der Waals surface area contributed by atoms with E-state index in [1.807, 2.05) is 0 Å². The molecule has 17 heavy (non-hydrogen) atoms. The van der Waals surface area contributed by atoms with Crippen molar-refractivity contribution in [3.63, 3.8) is 0 Å². The number of aromatic nitrogens is 2. The van der Waals surface area contributed by atoms with Crippen molar-refractivity contribution in [2.75, 3.05) is 6.54 Å². The Hall–Kier alpha value is -2.18. The molecule has 2 rings (SSSR count). The van der Waals surface area contributed by atoms with Gasteiger partial charge in [0.25, 0.3) is 11.5 Å². The Kier molecular flexibility index (Phi) is 2.90. The van der Waals surface area contributed by atoms with E-state index in [1.165, 1.54) is 17.0 Å². The lowest BCUT2D eigenvalue weighted by Gasteiger charge is -2.20. The van der Waals surface area contributed by atoms with Crippen molar-refractivity contribution in [2.45, 2.75) is 18.9 Å². The molecule has 2 N–H and O–H groups in total. The van der Waals surface area contributed by atoms with E-state index >= 15 is 0 Å². The first kappa shape index (κ1) is 11.3. The van der Waals surface area contributed by atoms with Gasteiger partial charge in [0.05, 0.1) is 0 Å². The maximum atomic E-state index is 12.0. The number of amides is 1. The van der Waals surface area contributed by atoms with Crippen LogP contribution in [0, 0.1) is 0 Å². The topological polar surface area (TPSA) is 103 Å². The van der Waals surface area contributed by atoms with Crippen molar-refractivity contribution in [3.05, 3.63) is 28.2 Å². The van der Waals surface area contributed by atoms with Crippen LogP contribution in [0.2, 0.25) is 0 Å². The van der Waals surface area contributed by atoms with Gasteiger partial charge in [-0.05, 0) is 18.9 Å². The van der Waals surface area contributed by atoms with Crippen LogP contribution in [-0.4, -0.2) is 44.7 Å². The van der Waals surface area contributed by atoms with Gasteiger partial charge < -0.3 is 10.0 Å². The molecule has 90 valence electrons. The van der Waals surface area contributed by atoms with E-state index in [9.17, 15) is 14.4 Å². The number of nitrogens with zero attached hydrogens (tertiary/aromatic N) is 2. The number of aliphatic carboxylic acids is 1. The number of rotatable bonds is 2. The third-order valence-electron chi connectivity index (χ3n) is 2.70. The molecule has 0 aromatic carbocycles. The van der Waals surface area contributed by atoms with Crippen LogP contribution in [0.15, 0.2) is 16.9 Å². The number of carbonyl (C=O) groups excluding carboxylic acids is 1. The fourth-order valence-corrected chi connectivity index (χ4v) is 1.88. The zero-order valence-electron chi connectivity index (χ0n) is 8.92. The molecule has 0 saturated carbocycles. The van der Waals surface area contributed by atoms with Gasteiger partial charge in [-0.15, -0.1) is 0 Å². The highest BCUT2D eigenvalue weighted by Crippen LogP contribution is 2.19. The highest BCUT2D eigenvalue weighted by Gasteiger charge is 2.34. The van der Waals surface area contributed by atoms with Crippen molar-refractivity contribution in [1.82, 2.24) is 15.1 Å². The van der Waals surface area contributed by atoms with Crippen molar-refractivity contribution in [3.8, 4) is 0 Å². The zero-order chi connectivity index (χ0) is 12.4. The number of carbonyl (C=O) groups is 2. The molecule has 1 aromatic heterocycles. The molecule has 1 fully saturated rings. The van der Waals surface area contributed by atoms with E-state index in [4.69, 9.17) is 5.11 Å². The van der Waals surface area contributed by atoms with Gasteiger partial charge in [-0.1, -0.05) is 0 Å². The predicted octanol–water partition coefficient (Wildman–Crippen LogP) is -0.541. The molecule has 0 aliphatic carbocycles. The average molecular weight is 237 g/mol. The Balaban J connectivity index is 2.22. The smallest absolute Gasteiger partial charge is 0.326 e. The molecule has 0 radical (unpaired) electrons. The molecule has 1 unspecified atom stereocenters. The molecular weight excluding hydrogens is 226 g/mol. The summed E-state index contributed by atoms with van der Waals surface area (Å²) in [5.74, 6) is -1.48. The minimum atomic E-state index is -1.01. The molecule has 1 amide bonds. The summed E-state index contributed by atoms with van der Waals surface area (Å²) in [4.78, 5) is 34.9. The molecule has 1 aromatic rings. The SMILES string of the molecule is O=C(O)C1CCCN1C(=O)c1ccc(=O)[nH]n1. The summed E-state index contributed by atoms with van der Waals surface area (Å²) in [5, 5.41) is 14.7. The van der Waals surface area contributed by atoms with Gasteiger partial charge >= 0.3 is 5.97 Å². The van der Waals surface area contributed by atoms with E-state index in [-0.39, 0.29) is 5.69 Å². The normalized spacial score (nSPS) is 19.3. The zero-order valence-corrected chi connectivity index (χ0v) is 8.92. The van der Waals surface area contributed by atoms with E-state index in [0.29, 0.717) is 19.4 Å². The number of likely N-dealkylation sites (tertiary alicyclic amines) is 1. The molecule has 0 bridgehead atoms. The second kappa shape index (κ2) is 4.36. The number of carboxylic acid groups (broad SMARTS) is 1. The van der Waals surface area contributed by atoms with Crippen LogP contribution in [0.1, 0.15) is 23.3 Å². The first-order valence-electron chi connectivity index (χ1n) is 5.19. The fraction of sp³-hybridized carbons (Fsp3) is 0.400. The third-order valence-corrected chi connectivity index (χ3v) is 2.70. The summed E-state index contributed by atoms with van der Waals surface area (Å²) in [6, 6.07) is 1.68. The maximum Gasteiger partial charge on any atom is 0.326 e. The van der Waals surface area contributed by atoms with Crippen LogP contribution in [0.25, 0.3) is 0 Å². The number of aromatic amines is 1. The van der Waals surface area contributed by atoms with Crippen LogP contribution in [-0.2, 0) is 4.79 Å². The second-order valence-electron chi connectivity index (χ2n) is 3.80. The number of nitrogens with one attached hydrogen (secondary N) is 1. The van der Waals surface area contributed by atoms with Crippen molar-refractivity contribution < 1.29 is 14.7 Å². The molecule has 2 heterocycles. The molecular formula is C10H11N3O4. The second-order valence-corrected chi connectivity index (χ2v) is 3.80. The number of carboxylic acids is 1. The summed E-state index contributed by atoms with van der Waals surface area (Å²) in [5.41, 5.74) is -0.351. The molecule has 7 heteroatoms. The monoisotopic (exact) mass is 237 g/mol. The van der Waals surface area contributed by atoms with Crippen LogP contribution in [0.5, 0.6) is 0 Å². The summed E-state index contributed by atoms with van der Waals surface area (Å²) in [7, 11) is 0. The molecule has 1 aliphatic heterocycles. The van der Waals surface area contributed by atoms with Gasteiger partial charge in [0.15, 0.2) is 0 Å². The lowest BCUT2D eigenvalue weighted by Crippen LogP contribution is -2.41. The molecule has 7 nitrogen and oxygen atoms in total. The highest BCUT2D eigenvalue weighted by atomic mass is 16.4. The molecule has 1 aliphatic rings. The van der Waals surface area contributed by atoms with Crippen LogP contribution >= 0.6 is 0 Å². The Bertz CT molecular complexity index is 490.